The average Bonchev–Trinajstić information content (AvgIpc) is 2.89. The maximum atomic E-state index is 10.9. The van der Waals surface area contributed by atoms with E-state index in [2.05, 4.69) is 12.1 Å². The zero-order chi connectivity index (χ0) is 14.2. The third-order valence-electron chi connectivity index (χ3n) is 4.64. The average molecular weight is 278 g/mol. The minimum Gasteiger partial charge on any atom is -0.464 e. The molecule has 0 amide bonds. The van der Waals surface area contributed by atoms with Crippen LogP contribution in [-0.4, -0.2) is 5.11 Å². The van der Waals surface area contributed by atoms with Gasteiger partial charge in [-0.3, -0.25) is 0 Å². The molecule has 1 aliphatic carbocycles. The maximum absolute atomic E-state index is 10.9. The maximum Gasteiger partial charge on any atom is 0.134 e. The predicted molar refractivity (Wildman–Crippen MR) is 83.3 cm³/mol. The molecule has 1 aromatic heterocycles. The van der Waals surface area contributed by atoms with Gasteiger partial charge in [-0.25, -0.2) is 0 Å². The molecule has 2 heteroatoms. The van der Waals surface area contributed by atoms with E-state index < -0.39 is 6.10 Å². The van der Waals surface area contributed by atoms with Crippen molar-refractivity contribution in [3.8, 4) is 0 Å². The lowest BCUT2D eigenvalue weighted by atomic mass is 9.77. The molecule has 4 rings (SSSR count). The molecule has 0 spiro atoms. The second-order valence-corrected chi connectivity index (χ2v) is 5.85. The Balaban J connectivity index is 1.79. The van der Waals surface area contributed by atoms with Gasteiger partial charge in [-0.1, -0.05) is 48.9 Å². The van der Waals surface area contributed by atoms with Gasteiger partial charge in [0.05, 0.1) is 6.26 Å². The number of hydrogen-bond acceptors (Lipinski definition) is 2. The quantitative estimate of drug-likeness (QED) is 0.747. The first-order valence-electron chi connectivity index (χ1n) is 7.57. The molecule has 1 N–H and O–H groups in total. The number of aliphatic hydroxyl groups is 1. The summed E-state index contributed by atoms with van der Waals surface area (Å²) in [5.74, 6) is 0.606. The van der Waals surface area contributed by atoms with Crippen LogP contribution in [0.1, 0.15) is 48.0 Å². The summed E-state index contributed by atoms with van der Waals surface area (Å²) in [7, 11) is 0. The molecule has 106 valence electrons. The van der Waals surface area contributed by atoms with Gasteiger partial charge in [0.1, 0.15) is 11.7 Å². The number of hydrogen-bond donors (Lipinski definition) is 1. The van der Waals surface area contributed by atoms with E-state index in [9.17, 15) is 5.11 Å². The van der Waals surface area contributed by atoms with Gasteiger partial charge < -0.3 is 9.52 Å². The molecule has 0 aliphatic heterocycles. The lowest BCUT2D eigenvalue weighted by Gasteiger charge is -2.29. The van der Waals surface area contributed by atoms with E-state index >= 15 is 0 Å². The van der Waals surface area contributed by atoms with E-state index in [1.165, 1.54) is 24.8 Å². The molecule has 1 unspecified atom stereocenters. The van der Waals surface area contributed by atoms with Gasteiger partial charge in [0, 0.05) is 10.9 Å². The highest BCUT2D eigenvalue weighted by Crippen LogP contribution is 2.41. The Kier molecular flexibility index (Phi) is 3.04. The smallest absolute Gasteiger partial charge is 0.134 e. The molecular formula is C19H18O2. The van der Waals surface area contributed by atoms with Gasteiger partial charge in [0.2, 0.25) is 0 Å². The van der Waals surface area contributed by atoms with Crippen LogP contribution in [0.4, 0.5) is 0 Å². The highest BCUT2D eigenvalue weighted by molar-refractivity contribution is 5.81. The molecule has 0 radical (unpaired) electrons. The third kappa shape index (κ3) is 2.07. The van der Waals surface area contributed by atoms with Crippen molar-refractivity contribution in [2.45, 2.75) is 31.3 Å². The summed E-state index contributed by atoms with van der Waals surface area (Å²) in [4.78, 5) is 0. The molecule has 2 aromatic carbocycles. The molecule has 21 heavy (non-hydrogen) atoms. The van der Waals surface area contributed by atoms with Gasteiger partial charge in [-0.05, 0) is 36.0 Å². The van der Waals surface area contributed by atoms with Crippen molar-refractivity contribution in [3.05, 3.63) is 71.5 Å². The lowest BCUT2D eigenvalue weighted by molar-refractivity contribution is 0.217. The van der Waals surface area contributed by atoms with Gasteiger partial charge in [0.25, 0.3) is 0 Å². The van der Waals surface area contributed by atoms with Crippen LogP contribution in [0.3, 0.4) is 0 Å². The molecule has 1 fully saturated rings. The van der Waals surface area contributed by atoms with E-state index in [1.54, 1.807) is 6.26 Å². The van der Waals surface area contributed by atoms with Crippen LogP contribution < -0.4 is 0 Å². The van der Waals surface area contributed by atoms with Crippen LogP contribution in [-0.2, 0) is 0 Å². The second-order valence-electron chi connectivity index (χ2n) is 5.85. The van der Waals surface area contributed by atoms with Crippen LogP contribution in [0.2, 0.25) is 0 Å². The Hall–Kier alpha value is -2.06. The number of furan rings is 1. The van der Waals surface area contributed by atoms with E-state index in [0.717, 1.165) is 22.1 Å². The fourth-order valence-electron chi connectivity index (χ4n) is 3.23. The van der Waals surface area contributed by atoms with Gasteiger partial charge in [-0.2, -0.15) is 0 Å². The van der Waals surface area contributed by atoms with Crippen LogP contribution in [0.25, 0.3) is 11.0 Å². The van der Waals surface area contributed by atoms with Crippen LogP contribution in [0.15, 0.2) is 59.2 Å². The number of para-hydroxylation sites is 1. The molecule has 1 aliphatic rings. The highest BCUT2D eigenvalue weighted by Gasteiger charge is 2.26. The number of benzene rings is 2. The monoisotopic (exact) mass is 278 g/mol. The SMILES string of the molecule is OC(c1ccccc1C1CCC1)c1coc2ccccc12. The van der Waals surface area contributed by atoms with Crippen molar-refractivity contribution in [1.82, 2.24) is 0 Å². The van der Waals surface area contributed by atoms with E-state index in [-0.39, 0.29) is 0 Å². The van der Waals surface area contributed by atoms with Crippen molar-refractivity contribution >= 4 is 11.0 Å². The largest absolute Gasteiger partial charge is 0.464 e. The fraction of sp³-hybridized carbons (Fsp3) is 0.263. The first-order valence-corrected chi connectivity index (χ1v) is 7.57. The molecule has 3 aromatic rings. The van der Waals surface area contributed by atoms with E-state index in [0.29, 0.717) is 5.92 Å². The highest BCUT2D eigenvalue weighted by atomic mass is 16.3. The van der Waals surface area contributed by atoms with Crippen LogP contribution in [0.5, 0.6) is 0 Å². The van der Waals surface area contributed by atoms with Crippen molar-refractivity contribution in [1.29, 1.82) is 0 Å². The zero-order valence-electron chi connectivity index (χ0n) is 11.8. The Labute approximate surface area is 124 Å². The van der Waals surface area contributed by atoms with Gasteiger partial charge >= 0.3 is 0 Å². The van der Waals surface area contributed by atoms with Crippen LogP contribution in [0, 0.1) is 0 Å². The topological polar surface area (TPSA) is 33.4 Å². The summed E-state index contributed by atoms with van der Waals surface area (Å²) in [6.45, 7) is 0. The van der Waals surface area contributed by atoms with Crippen molar-refractivity contribution in [2.24, 2.45) is 0 Å². The van der Waals surface area contributed by atoms with Gasteiger partial charge in [-0.15, -0.1) is 0 Å². The summed E-state index contributed by atoms with van der Waals surface area (Å²) in [5.41, 5.74) is 4.00. The molecule has 0 bridgehead atoms. The molecule has 0 saturated heterocycles. The molecule has 2 nitrogen and oxygen atoms in total. The van der Waals surface area contributed by atoms with E-state index in [4.69, 9.17) is 4.42 Å². The first kappa shape index (κ1) is 12.7. The zero-order valence-corrected chi connectivity index (χ0v) is 11.8. The summed E-state index contributed by atoms with van der Waals surface area (Å²) in [6.07, 6.45) is 4.83. The van der Waals surface area contributed by atoms with Crippen molar-refractivity contribution in [3.63, 3.8) is 0 Å². The normalized spacial score (nSPS) is 16.8. The molecule has 1 saturated carbocycles. The standard InChI is InChI=1S/C19H18O2/c20-19(17-12-21-18-11-4-3-9-15(17)18)16-10-2-1-8-14(16)13-6-5-7-13/h1-4,8-13,19-20H,5-7H2. The molecule has 1 heterocycles. The van der Waals surface area contributed by atoms with E-state index in [1.807, 2.05) is 36.4 Å². The second kappa shape index (κ2) is 5.05. The Bertz CT molecular complexity index is 768. The lowest BCUT2D eigenvalue weighted by Crippen LogP contribution is -2.13. The Morgan fingerprint density at radius 2 is 1.71 bits per heavy atom. The molecule has 1 atom stereocenters. The fourth-order valence-corrected chi connectivity index (χ4v) is 3.23. The number of fused-ring (bicyclic) bond motifs is 1. The first-order chi connectivity index (χ1) is 10.3. The van der Waals surface area contributed by atoms with Crippen molar-refractivity contribution < 1.29 is 9.52 Å². The number of aliphatic hydroxyl groups excluding tert-OH is 1. The third-order valence-corrected chi connectivity index (χ3v) is 4.64. The molecular weight excluding hydrogens is 260 g/mol. The Morgan fingerprint density at radius 1 is 0.952 bits per heavy atom. The minimum atomic E-state index is -0.620. The number of rotatable bonds is 3. The van der Waals surface area contributed by atoms with Crippen LogP contribution >= 0.6 is 0 Å². The Morgan fingerprint density at radius 3 is 2.52 bits per heavy atom. The summed E-state index contributed by atoms with van der Waals surface area (Å²) >= 11 is 0. The van der Waals surface area contributed by atoms with Crippen molar-refractivity contribution in [2.75, 3.05) is 0 Å². The summed E-state index contributed by atoms with van der Waals surface area (Å²) < 4.78 is 5.57. The summed E-state index contributed by atoms with van der Waals surface area (Å²) in [6, 6.07) is 16.1. The summed E-state index contributed by atoms with van der Waals surface area (Å²) in [5, 5.41) is 11.9. The predicted octanol–water partition coefficient (Wildman–Crippen LogP) is 4.78. The minimum absolute atomic E-state index is 0.606. The van der Waals surface area contributed by atoms with Gasteiger partial charge in [0.15, 0.2) is 0 Å².